The average Bonchev–Trinajstić information content (AvgIpc) is 2.72. The number of halogens is 1. The number of rotatable bonds is 13. The van der Waals surface area contributed by atoms with Crippen molar-refractivity contribution in [3.05, 3.63) is 41.5 Å². The van der Waals surface area contributed by atoms with Gasteiger partial charge in [-0.25, -0.2) is 4.79 Å². The quantitative estimate of drug-likeness (QED) is 0.332. The van der Waals surface area contributed by atoms with E-state index in [1.807, 2.05) is 13.0 Å². The third-order valence-electron chi connectivity index (χ3n) is 5.48. The summed E-state index contributed by atoms with van der Waals surface area (Å²) in [5.74, 6) is 0.151. The summed E-state index contributed by atoms with van der Waals surface area (Å²) in [4.78, 5) is 25.9. The van der Waals surface area contributed by atoms with Crippen molar-refractivity contribution in [2.45, 2.75) is 65.5 Å². The Bertz CT molecular complexity index is 736. The number of carboxylic acid groups (broad SMARTS) is 1. The van der Waals surface area contributed by atoms with Gasteiger partial charge in [0.25, 0.3) is 0 Å². The number of likely N-dealkylation sites (N-methyl/N-ethyl adjacent to an activating group) is 1. The fourth-order valence-electron chi connectivity index (χ4n) is 3.25. The first-order valence-electron chi connectivity index (χ1n) is 10.7. The van der Waals surface area contributed by atoms with E-state index in [0.29, 0.717) is 36.7 Å². The Balaban J connectivity index is 0.00000900. The first-order valence-corrected chi connectivity index (χ1v) is 10.7. The molecule has 176 valence electrons. The lowest BCUT2D eigenvalue weighted by Gasteiger charge is -2.35. The minimum atomic E-state index is -1.20. The van der Waals surface area contributed by atoms with Crippen LogP contribution in [0.3, 0.4) is 0 Å². The van der Waals surface area contributed by atoms with Gasteiger partial charge >= 0.3 is 5.97 Å². The highest BCUT2D eigenvalue weighted by molar-refractivity contribution is 5.85. The average molecular weight is 455 g/mol. The number of aliphatic carboxylic acids is 1. The second-order valence-electron chi connectivity index (χ2n) is 8.12. The summed E-state index contributed by atoms with van der Waals surface area (Å²) in [6.45, 7) is 8.85. The SMILES string of the molecule is CCN(C)C(C)(C(=O)O)c1ccc(CNC(=O)CCCC/C=C/C(C)C)cc1OC.Cl. The van der Waals surface area contributed by atoms with E-state index in [4.69, 9.17) is 4.74 Å². The van der Waals surface area contributed by atoms with Crippen LogP contribution in [0.4, 0.5) is 0 Å². The Morgan fingerprint density at radius 1 is 1.29 bits per heavy atom. The van der Waals surface area contributed by atoms with Crippen LogP contribution in [0.25, 0.3) is 0 Å². The predicted molar refractivity (Wildman–Crippen MR) is 128 cm³/mol. The van der Waals surface area contributed by atoms with Crippen LogP contribution in [-0.4, -0.2) is 42.6 Å². The Morgan fingerprint density at radius 2 is 1.97 bits per heavy atom. The number of ether oxygens (including phenoxy) is 1. The zero-order valence-electron chi connectivity index (χ0n) is 19.7. The van der Waals surface area contributed by atoms with Gasteiger partial charge in [-0.15, -0.1) is 12.4 Å². The molecule has 0 aliphatic heterocycles. The van der Waals surface area contributed by atoms with Gasteiger partial charge in [0.1, 0.15) is 11.3 Å². The Labute approximate surface area is 193 Å². The second kappa shape index (κ2) is 14.1. The van der Waals surface area contributed by atoms with Gasteiger partial charge in [0.15, 0.2) is 0 Å². The van der Waals surface area contributed by atoms with Crippen molar-refractivity contribution in [3.63, 3.8) is 0 Å². The number of carbonyl (C=O) groups excluding carboxylic acids is 1. The largest absolute Gasteiger partial charge is 0.496 e. The van der Waals surface area contributed by atoms with E-state index in [1.165, 1.54) is 7.11 Å². The molecule has 1 aromatic rings. The second-order valence-corrected chi connectivity index (χ2v) is 8.12. The third kappa shape index (κ3) is 8.54. The number of carboxylic acids is 1. The number of carbonyl (C=O) groups is 2. The van der Waals surface area contributed by atoms with Crippen molar-refractivity contribution >= 4 is 24.3 Å². The van der Waals surface area contributed by atoms with Crippen molar-refractivity contribution in [1.82, 2.24) is 10.2 Å². The van der Waals surface area contributed by atoms with Crippen molar-refractivity contribution < 1.29 is 19.4 Å². The molecule has 0 saturated carbocycles. The van der Waals surface area contributed by atoms with Gasteiger partial charge in [-0.05, 0) is 57.3 Å². The minimum absolute atomic E-state index is 0. The molecule has 0 heterocycles. The minimum Gasteiger partial charge on any atom is -0.496 e. The monoisotopic (exact) mass is 454 g/mol. The van der Waals surface area contributed by atoms with Crippen LogP contribution in [0.2, 0.25) is 0 Å². The molecule has 6 nitrogen and oxygen atoms in total. The number of hydrogen-bond donors (Lipinski definition) is 2. The molecule has 0 bridgehead atoms. The molecule has 1 aromatic carbocycles. The molecule has 2 N–H and O–H groups in total. The van der Waals surface area contributed by atoms with Crippen LogP contribution >= 0.6 is 12.4 Å². The van der Waals surface area contributed by atoms with Gasteiger partial charge in [-0.2, -0.15) is 0 Å². The molecular formula is C24H39ClN2O4. The summed E-state index contributed by atoms with van der Waals surface area (Å²) in [7, 11) is 3.31. The van der Waals surface area contributed by atoms with Crippen LogP contribution in [-0.2, 0) is 21.7 Å². The van der Waals surface area contributed by atoms with Crippen LogP contribution in [0.15, 0.2) is 30.4 Å². The molecule has 7 heteroatoms. The lowest BCUT2D eigenvalue weighted by atomic mass is 9.88. The molecule has 0 spiro atoms. The summed E-state index contributed by atoms with van der Waals surface area (Å²) < 4.78 is 5.49. The number of nitrogens with one attached hydrogen (secondary N) is 1. The highest BCUT2D eigenvalue weighted by atomic mass is 35.5. The van der Waals surface area contributed by atoms with E-state index in [0.717, 1.165) is 24.8 Å². The van der Waals surface area contributed by atoms with Crippen LogP contribution in [0.1, 0.15) is 64.5 Å². The molecule has 1 unspecified atom stereocenters. The lowest BCUT2D eigenvalue weighted by molar-refractivity contribution is -0.150. The van der Waals surface area contributed by atoms with Gasteiger partial charge in [0.2, 0.25) is 5.91 Å². The van der Waals surface area contributed by atoms with E-state index in [2.05, 4.69) is 31.3 Å². The number of unbranched alkanes of at least 4 members (excludes halogenated alkanes) is 2. The zero-order valence-corrected chi connectivity index (χ0v) is 20.6. The maximum absolute atomic E-state index is 12.1. The standard InChI is InChI=1S/C24H38N2O4.ClH/c1-7-26(5)24(4,23(28)29)20-15-14-19(16-21(20)30-6)17-25-22(27)13-11-9-8-10-12-18(2)3;/h10,12,14-16,18H,7-9,11,13,17H2,1-6H3,(H,25,27)(H,28,29);1H/b12-10+;. The maximum atomic E-state index is 12.1. The number of allylic oxidation sites excluding steroid dienone is 2. The highest BCUT2D eigenvalue weighted by Gasteiger charge is 2.41. The van der Waals surface area contributed by atoms with Crippen LogP contribution in [0.5, 0.6) is 5.75 Å². The fraction of sp³-hybridized carbons (Fsp3) is 0.583. The zero-order chi connectivity index (χ0) is 22.7. The molecule has 0 aliphatic carbocycles. The highest BCUT2D eigenvalue weighted by Crippen LogP contribution is 2.35. The summed E-state index contributed by atoms with van der Waals surface area (Å²) >= 11 is 0. The number of nitrogens with zero attached hydrogens (tertiary/aromatic N) is 1. The third-order valence-corrected chi connectivity index (χ3v) is 5.48. The van der Waals surface area contributed by atoms with Gasteiger partial charge in [0, 0.05) is 18.5 Å². The normalized spacial score (nSPS) is 13.2. The van der Waals surface area contributed by atoms with Gasteiger partial charge in [-0.3, -0.25) is 9.69 Å². The lowest BCUT2D eigenvalue weighted by Crippen LogP contribution is -2.47. The Morgan fingerprint density at radius 3 is 2.52 bits per heavy atom. The van der Waals surface area contributed by atoms with Crippen LogP contribution < -0.4 is 10.1 Å². The number of methoxy groups -OCH3 is 1. The topological polar surface area (TPSA) is 78.9 Å². The molecule has 0 saturated heterocycles. The maximum Gasteiger partial charge on any atom is 0.328 e. The first kappa shape index (κ1) is 28.9. The summed E-state index contributed by atoms with van der Waals surface area (Å²) in [6.07, 6.45) is 7.72. The summed E-state index contributed by atoms with van der Waals surface area (Å²) in [6, 6.07) is 5.43. The number of benzene rings is 1. The van der Waals surface area contributed by atoms with Gasteiger partial charge < -0.3 is 15.2 Å². The molecule has 1 atom stereocenters. The van der Waals surface area contributed by atoms with Crippen molar-refractivity contribution in [2.75, 3.05) is 20.7 Å². The summed E-state index contributed by atoms with van der Waals surface area (Å²) in [5, 5.41) is 12.8. The van der Waals surface area contributed by atoms with Gasteiger partial charge in [-0.1, -0.05) is 45.1 Å². The molecule has 1 rings (SSSR count). The molecule has 0 radical (unpaired) electrons. The van der Waals surface area contributed by atoms with E-state index >= 15 is 0 Å². The molecular weight excluding hydrogens is 416 g/mol. The molecule has 0 aromatic heterocycles. The van der Waals surface area contributed by atoms with Crippen molar-refractivity contribution in [3.8, 4) is 5.75 Å². The Hall–Kier alpha value is -2.05. The van der Waals surface area contributed by atoms with E-state index in [9.17, 15) is 14.7 Å². The summed E-state index contributed by atoms with van der Waals surface area (Å²) in [5.41, 5.74) is 0.258. The van der Waals surface area contributed by atoms with Crippen LogP contribution in [0, 0.1) is 5.92 Å². The van der Waals surface area contributed by atoms with E-state index in [1.54, 1.807) is 31.0 Å². The predicted octanol–water partition coefficient (Wildman–Crippen LogP) is 4.76. The smallest absolute Gasteiger partial charge is 0.328 e. The molecule has 0 aliphatic rings. The molecule has 0 fully saturated rings. The van der Waals surface area contributed by atoms with E-state index < -0.39 is 11.5 Å². The molecule has 1 amide bonds. The van der Waals surface area contributed by atoms with Gasteiger partial charge in [0.05, 0.1) is 7.11 Å². The van der Waals surface area contributed by atoms with Crippen molar-refractivity contribution in [2.24, 2.45) is 5.92 Å². The number of hydrogen-bond acceptors (Lipinski definition) is 4. The molecule has 31 heavy (non-hydrogen) atoms. The Kier molecular flexibility index (Phi) is 13.2. The number of amides is 1. The fourth-order valence-corrected chi connectivity index (χ4v) is 3.25. The first-order chi connectivity index (χ1) is 14.2. The van der Waals surface area contributed by atoms with Crippen molar-refractivity contribution in [1.29, 1.82) is 0 Å². The van der Waals surface area contributed by atoms with E-state index in [-0.39, 0.29) is 18.3 Å².